The first-order chi connectivity index (χ1) is 7.91. The number of hydrogen-bond donors (Lipinski definition) is 1. The summed E-state index contributed by atoms with van der Waals surface area (Å²) in [5.41, 5.74) is 7.34. The minimum Gasteiger partial charge on any atom is -0.433 e. The van der Waals surface area contributed by atoms with Crippen molar-refractivity contribution >= 4 is 32.7 Å². The predicted molar refractivity (Wildman–Crippen MR) is 64.2 cm³/mol. The van der Waals surface area contributed by atoms with Gasteiger partial charge in [0, 0.05) is 13.1 Å². The molecule has 1 aromatic carbocycles. The highest BCUT2D eigenvalue weighted by molar-refractivity contribution is 9.10. The average Bonchev–Trinajstić information content (AvgIpc) is 2.52. The Bertz CT molecular complexity index is 583. The number of ether oxygens (including phenoxy) is 1. The van der Waals surface area contributed by atoms with Gasteiger partial charge in [-0.2, -0.15) is 8.78 Å². The first kappa shape index (κ1) is 12.1. The minimum atomic E-state index is -2.89. The van der Waals surface area contributed by atoms with Crippen molar-refractivity contribution in [3.8, 4) is 5.75 Å². The van der Waals surface area contributed by atoms with Crippen molar-refractivity contribution in [2.75, 3.05) is 5.73 Å². The number of aryl methyl sites for hydroxylation is 2. The van der Waals surface area contributed by atoms with Gasteiger partial charge in [-0.25, -0.2) is 4.98 Å². The molecule has 0 bridgehead atoms. The number of imidazole rings is 1. The van der Waals surface area contributed by atoms with E-state index in [-0.39, 0.29) is 5.75 Å². The second-order valence-corrected chi connectivity index (χ2v) is 4.36. The molecule has 0 saturated carbocycles. The second-order valence-electron chi connectivity index (χ2n) is 3.57. The predicted octanol–water partition coefficient (Wildman–Crippen LogP) is 2.83. The molecule has 4 nitrogen and oxygen atoms in total. The molecule has 0 amide bonds. The topological polar surface area (TPSA) is 53.1 Å². The molecular weight excluding hydrogens is 296 g/mol. The fraction of sp³-hybridized carbons (Fsp3) is 0.300. The molecule has 0 spiro atoms. The Kier molecular flexibility index (Phi) is 2.94. The molecule has 0 unspecified atom stereocenters. The summed E-state index contributed by atoms with van der Waals surface area (Å²) in [4.78, 5) is 4.26. The normalized spacial score (nSPS) is 11.4. The highest BCUT2D eigenvalue weighted by Crippen LogP contribution is 2.37. The van der Waals surface area contributed by atoms with E-state index in [0.717, 1.165) is 5.82 Å². The van der Waals surface area contributed by atoms with Crippen molar-refractivity contribution in [3.63, 3.8) is 0 Å². The summed E-state index contributed by atoms with van der Waals surface area (Å²) in [5.74, 6) is 0.751. The van der Waals surface area contributed by atoms with Crippen LogP contribution in [0, 0.1) is 6.92 Å². The zero-order valence-electron chi connectivity index (χ0n) is 9.17. The summed E-state index contributed by atoms with van der Waals surface area (Å²) in [6.07, 6.45) is 0. The molecule has 2 aromatic rings. The van der Waals surface area contributed by atoms with E-state index in [9.17, 15) is 8.78 Å². The number of nitrogens with two attached hydrogens (primary N) is 1. The van der Waals surface area contributed by atoms with E-state index >= 15 is 0 Å². The van der Waals surface area contributed by atoms with Crippen molar-refractivity contribution in [1.29, 1.82) is 0 Å². The van der Waals surface area contributed by atoms with Gasteiger partial charge in [-0.15, -0.1) is 0 Å². The lowest BCUT2D eigenvalue weighted by Gasteiger charge is -2.09. The third-order valence-electron chi connectivity index (χ3n) is 2.55. The quantitative estimate of drug-likeness (QED) is 0.868. The fourth-order valence-corrected chi connectivity index (χ4v) is 1.99. The van der Waals surface area contributed by atoms with Crippen molar-refractivity contribution in [1.82, 2.24) is 9.55 Å². The van der Waals surface area contributed by atoms with Crippen LogP contribution < -0.4 is 10.5 Å². The maximum Gasteiger partial charge on any atom is 0.387 e. The lowest BCUT2D eigenvalue weighted by molar-refractivity contribution is -0.0502. The van der Waals surface area contributed by atoms with Gasteiger partial charge in [-0.3, -0.25) is 0 Å². The number of benzene rings is 1. The summed E-state index contributed by atoms with van der Waals surface area (Å²) >= 11 is 3.13. The van der Waals surface area contributed by atoms with E-state index in [1.54, 1.807) is 18.5 Å². The number of nitrogens with zero attached hydrogens (tertiary/aromatic N) is 2. The van der Waals surface area contributed by atoms with Crippen LogP contribution in [0.4, 0.5) is 14.5 Å². The molecule has 0 fully saturated rings. The molecular formula is C10H10BrF2N3O. The number of fused-ring (bicyclic) bond motifs is 1. The minimum absolute atomic E-state index is 0.00741. The molecule has 0 aliphatic heterocycles. The number of rotatable bonds is 2. The molecule has 0 saturated heterocycles. The Labute approximate surface area is 104 Å². The largest absolute Gasteiger partial charge is 0.433 e. The molecule has 0 aliphatic carbocycles. The molecule has 1 heterocycles. The second kappa shape index (κ2) is 4.14. The van der Waals surface area contributed by atoms with Gasteiger partial charge in [-0.1, -0.05) is 0 Å². The number of anilines is 1. The fourth-order valence-electron chi connectivity index (χ4n) is 1.60. The Morgan fingerprint density at radius 1 is 1.53 bits per heavy atom. The van der Waals surface area contributed by atoms with Crippen LogP contribution in [0.3, 0.4) is 0 Å². The van der Waals surface area contributed by atoms with Crippen LogP contribution in [0.25, 0.3) is 11.0 Å². The van der Waals surface area contributed by atoms with Crippen LogP contribution in [0.2, 0.25) is 0 Å². The summed E-state index contributed by atoms with van der Waals surface area (Å²) in [7, 11) is 1.78. The van der Waals surface area contributed by atoms with Gasteiger partial charge in [0.1, 0.15) is 17.1 Å². The van der Waals surface area contributed by atoms with Crippen molar-refractivity contribution in [2.45, 2.75) is 13.5 Å². The van der Waals surface area contributed by atoms with E-state index in [0.29, 0.717) is 21.2 Å². The molecule has 7 heteroatoms. The van der Waals surface area contributed by atoms with E-state index in [1.165, 1.54) is 6.07 Å². The highest BCUT2D eigenvalue weighted by Gasteiger charge is 2.17. The third-order valence-corrected chi connectivity index (χ3v) is 3.37. The number of alkyl halides is 2. The Morgan fingerprint density at radius 3 is 2.76 bits per heavy atom. The summed E-state index contributed by atoms with van der Waals surface area (Å²) in [6, 6.07) is 1.49. The highest BCUT2D eigenvalue weighted by atomic mass is 79.9. The average molecular weight is 306 g/mol. The molecule has 0 radical (unpaired) electrons. The van der Waals surface area contributed by atoms with E-state index in [4.69, 9.17) is 5.73 Å². The Balaban J connectivity index is 2.71. The van der Waals surface area contributed by atoms with Gasteiger partial charge >= 0.3 is 6.61 Å². The zero-order chi connectivity index (χ0) is 12.7. The van der Waals surface area contributed by atoms with Gasteiger partial charge in [0.15, 0.2) is 0 Å². The molecule has 0 atom stereocenters. The lowest BCUT2D eigenvalue weighted by Crippen LogP contribution is -2.04. The number of hydrogen-bond acceptors (Lipinski definition) is 3. The van der Waals surface area contributed by atoms with Crippen molar-refractivity contribution in [3.05, 3.63) is 16.4 Å². The molecule has 92 valence electrons. The van der Waals surface area contributed by atoms with E-state index in [1.807, 2.05) is 0 Å². The van der Waals surface area contributed by atoms with Gasteiger partial charge in [-0.05, 0) is 22.9 Å². The zero-order valence-corrected chi connectivity index (χ0v) is 10.8. The standard InChI is InChI=1S/C10H10BrF2N3O/c1-4-15-9-5(16(4)2)3-6(17-10(12)13)7(11)8(9)14/h3,10H,14H2,1-2H3. The van der Waals surface area contributed by atoms with E-state index < -0.39 is 6.61 Å². The maximum absolute atomic E-state index is 12.2. The summed E-state index contributed by atoms with van der Waals surface area (Å²) in [5, 5.41) is 0. The van der Waals surface area contributed by atoms with Gasteiger partial charge < -0.3 is 15.0 Å². The van der Waals surface area contributed by atoms with Crippen LogP contribution in [-0.4, -0.2) is 16.2 Å². The van der Waals surface area contributed by atoms with Crippen LogP contribution >= 0.6 is 15.9 Å². The molecule has 1 aromatic heterocycles. The molecule has 17 heavy (non-hydrogen) atoms. The Morgan fingerprint density at radius 2 is 2.18 bits per heavy atom. The lowest BCUT2D eigenvalue weighted by atomic mass is 10.2. The van der Waals surface area contributed by atoms with Gasteiger partial charge in [0.05, 0.1) is 15.7 Å². The van der Waals surface area contributed by atoms with Crippen molar-refractivity contribution in [2.24, 2.45) is 7.05 Å². The molecule has 2 rings (SSSR count). The summed E-state index contributed by atoms with van der Waals surface area (Å²) < 4.78 is 30.9. The Hall–Kier alpha value is -1.37. The van der Waals surface area contributed by atoms with Crippen LogP contribution in [0.5, 0.6) is 5.75 Å². The van der Waals surface area contributed by atoms with Crippen LogP contribution in [0.15, 0.2) is 10.5 Å². The van der Waals surface area contributed by atoms with Gasteiger partial charge in [0.2, 0.25) is 0 Å². The summed E-state index contributed by atoms with van der Waals surface area (Å²) in [6.45, 7) is -1.08. The maximum atomic E-state index is 12.2. The van der Waals surface area contributed by atoms with E-state index in [2.05, 4.69) is 25.7 Å². The SMILES string of the molecule is Cc1nc2c(N)c(Br)c(OC(F)F)cc2n1C. The first-order valence-corrected chi connectivity index (χ1v) is 5.57. The van der Waals surface area contributed by atoms with Crippen LogP contribution in [0.1, 0.15) is 5.82 Å². The third kappa shape index (κ3) is 1.95. The number of aromatic nitrogens is 2. The first-order valence-electron chi connectivity index (χ1n) is 4.77. The molecule has 0 aliphatic rings. The van der Waals surface area contributed by atoms with Crippen LogP contribution in [-0.2, 0) is 7.05 Å². The van der Waals surface area contributed by atoms with Gasteiger partial charge in [0.25, 0.3) is 0 Å². The molecule has 2 N–H and O–H groups in total. The smallest absolute Gasteiger partial charge is 0.387 e. The monoisotopic (exact) mass is 305 g/mol. The van der Waals surface area contributed by atoms with Crippen molar-refractivity contribution < 1.29 is 13.5 Å². The number of nitrogen functional groups attached to an aromatic ring is 1. The number of halogens is 3.